The van der Waals surface area contributed by atoms with E-state index in [1.54, 1.807) is 48.5 Å². The molecule has 0 aliphatic carbocycles. The monoisotopic (exact) mass is 441 g/mol. The Bertz CT molecular complexity index is 1220. The average molecular weight is 442 g/mol. The quantitative estimate of drug-likeness (QED) is 0.410. The van der Waals surface area contributed by atoms with Gasteiger partial charge in [-0.3, -0.25) is 4.79 Å². The molecule has 4 rings (SSSR count). The van der Waals surface area contributed by atoms with Crippen LogP contribution in [0.15, 0.2) is 36.9 Å². The van der Waals surface area contributed by atoms with E-state index in [0.29, 0.717) is 22.4 Å². The molecule has 4 aromatic rings. The molecule has 0 saturated carbocycles. The van der Waals surface area contributed by atoms with Gasteiger partial charge in [-0.05, 0) is 18.6 Å². The number of methoxy groups -OCH3 is 2. The number of ether oxygens (including phenoxy) is 2. The van der Waals surface area contributed by atoms with Gasteiger partial charge in [0.05, 0.1) is 31.3 Å². The molecule has 1 atom stereocenters. The van der Waals surface area contributed by atoms with E-state index in [0.717, 1.165) is 16.8 Å². The molecule has 0 saturated heterocycles. The second kappa shape index (κ2) is 8.78. The zero-order chi connectivity index (χ0) is 22.0. The number of Topliss-reactive ketones (excluding diaryl/α,β-unsaturated/α-hetero) is 1. The summed E-state index contributed by atoms with van der Waals surface area (Å²) in [6.07, 6.45) is 6.42. The summed E-state index contributed by atoms with van der Waals surface area (Å²) < 4.78 is 12.5. The van der Waals surface area contributed by atoms with Crippen LogP contribution in [0, 0.1) is 0 Å². The second-order valence-corrected chi connectivity index (χ2v) is 7.25. The van der Waals surface area contributed by atoms with Crippen LogP contribution < -0.4 is 4.74 Å². The number of nitrogens with zero attached hydrogens (tertiary/aromatic N) is 7. The number of halogens is 1. The van der Waals surface area contributed by atoms with Gasteiger partial charge in [0, 0.05) is 44.0 Å². The van der Waals surface area contributed by atoms with E-state index in [4.69, 9.17) is 21.1 Å². The molecular weight excluding hydrogens is 422 g/mol. The zero-order valence-corrected chi connectivity index (χ0v) is 17.9. The number of hydrogen-bond donors (Lipinski definition) is 0. The Labute approximate surface area is 182 Å². The summed E-state index contributed by atoms with van der Waals surface area (Å²) in [7, 11) is 3.13. The molecule has 160 valence electrons. The molecule has 0 spiro atoms. The van der Waals surface area contributed by atoms with Crippen molar-refractivity contribution in [1.29, 1.82) is 0 Å². The minimum Gasteiger partial charge on any atom is -0.493 e. The molecule has 0 aromatic carbocycles. The smallest absolute Gasteiger partial charge is 0.216 e. The molecule has 0 aliphatic rings. The third kappa shape index (κ3) is 4.25. The lowest BCUT2D eigenvalue weighted by Crippen LogP contribution is -2.15. The predicted molar refractivity (Wildman–Crippen MR) is 112 cm³/mol. The lowest BCUT2D eigenvalue weighted by atomic mass is 10.0. The fourth-order valence-corrected chi connectivity index (χ4v) is 3.52. The number of carbonyl (C=O) groups excluding carboxylic acids is 1. The van der Waals surface area contributed by atoms with E-state index in [1.165, 1.54) is 11.9 Å². The molecule has 0 unspecified atom stereocenters. The first kappa shape index (κ1) is 20.9. The van der Waals surface area contributed by atoms with Crippen LogP contribution in [0.1, 0.15) is 29.8 Å². The molecule has 0 aliphatic heterocycles. The molecule has 0 fully saturated rings. The Hall–Kier alpha value is -3.37. The van der Waals surface area contributed by atoms with Crippen molar-refractivity contribution in [1.82, 2.24) is 34.6 Å². The maximum atomic E-state index is 12.9. The van der Waals surface area contributed by atoms with Crippen LogP contribution in [-0.4, -0.2) is 54.6 Å². The zero-order valence-electron chi connectivity index (χ0n) is 17.2. The van der Waals surface area contributed by atoms with E-state index in [1.807, 2.05) is 6.92 Å². The van der Waals surface area contributed by atoms with Gasteiger partial charge >= 0.3 is 0 Å². The Morgan fingerprint density at radius 3 is 2.61 bits per heavy atom. The highest BCUT2D eigenvalue weighted by molar-refractivity contribution is 6.29. The number of aromatic nitrogens is 7. The standard InChI is InChI=1S/C20H20ClN7O3/c1-12(30-2)19-14(11-22-18-9-17(21)26-27(18)19)8-15(29)6-13-7-16(31-3)20(23-10-13)28-24-4-5-25-28/h4-5,7,9-12H,6,8H2,1-3H3/t12-/m0/s1. The number of carbonyl (C=O) groups is 1. The van der Waals surface area contributed by atoms with Crippen LogP contribution in [-0.2, 0) is 22.4 Å². The van der Waals surface area contributed by atoms with E-state index in [-0.39, 0.29) is 24.7 Å². The third-order valence-electron chi connectivity index (χ3n) is 4.82. The molecule has 0 bridgehead atoms. The van der Waals surface area contributed by atoms with Crippen molar-refractivity contribution in [2.75, 3.05) is 14.2 Å². The molecule has 31 heavy (non-hydrogen) atoms. The summed E-state index contributed by atoms with van der Waals surface area (Å²) in [5, 5.41) is 12.7. The van der Waals surface area contributed by atoms with Crippen LogP contribution in [0.25, 0.3) is 11.5 Å². The van der Waals surface area contributed by atoms with Gasteiger partial charge in [-0.1, -0.05) is 11.6 Å². The Morgan fingerprint density at radius 2 is 1.90 bits per heavy atom. The number of ketones is 1. The lowest BCUT2D eigenvalue weighted by Gasteiger charge is -2.16. The summed E-state index contributed by atoms with van der Waals surface area (Å²) in [6.45, 7) is 1.88. The lowest BCUT2D eigenvalue weighted by molar-refractivity contribution is -0.117. The maximum Gasteiger partial charge on any atom is 0.216 e. The summed E-state index contributed by atoms with van der Waals surface area (Å²) in [6, 6.07) is 3.42. The first-order valence-electron chi connectivity index (χ1n) is 9.47. The third-order valence-corrected chi connectivity index (χ3v) is 5.00. The van der Waals surface area contributed by atoms with Gasteiger partial charge in [0.2, 0.25) is 5.82 Å². The topological polar surface area (TPSA) is 109 Å². The van der Waals surface area contributed by atoms with Crippen LogP contribution in [0.5, 0.6) is 5.75 Å². The molecule has 11 heteroatoms. The first-order valence-corrected chi connectivity index (χ1v) is 9.85. The minimum atomic E-state index is -0.299. The largest absolute Gasteiger partial charge is 0.493 e. The van der Waals surface area contributed by atoms with Gasteiger partial charge in [-0.15, -0.1) is 4.80 Å². The fourth-order valence-electron chi connectivity index (χ4n) is 3.34. The molecular formula is C20H20ClN7O3. The van der Waals surface area contributed by atoms with Crippen molar-refractivity contribution in [3.63, 3.8) is 0 Å². The van der Waals surface area contributed by atoms with Crippen molar-refractivity contribution in [2.45, 2.75) is 25.9 Å². The van der Waals surface area contributed by atoms with Crippen molar-refractivity contribution in [2.24, 2.45) is 0 Å². The van der Waals surface area contributed by atoms with Gasteiger partial charge < -0.3 is 9.47 Å². The number of pyridine rings is 1. The van der Waals surface area contributed by atoms with Crippen molar-refractivity contribution >= 4 is 23.0 Å². The number of fused-ring (bicyclic) bond motifs is 1. The molecule has 4 heterocycles. The van der Waals surface area contributed by atoms with Gasteiger partial charge in [-0.25, -0.2) is 14.5 Å². The van der Waals surface area contributed by atoms with Crippen molar-refractivity contribution in [3.8, 4) is 11.6 Å². The van der Waals surface area contributed by atoms with Crippen molar-refractivity contribution < 1.29 is 14.3 Å². The summed E-state index contributed by atoms with van der Waals surface area (Å²) in [4.78, 5) is 23.0. The second-order valence-electron chi connectivity index (χ2n) is 6.86. The SMILES string of the molecule is COc1cc(CC(=O)Cc2cnc3cc(Cl)nn3c2[C@H](C)OC)cnc1-n1nccn1. The highest BCUT2D eigenvalue weighted by atomic mass is 35.5. The van der Waals surface area contributed by atoms with Gasteiger partial charge in [0.25, 0.3) is 0 Å². The number of hydrogen-bond acceptors (Lipinski definition) is 8. The fraction of sp³-hybridized carbons (Fsp3) is 0.300. The first-order chi connectivity index (χ1) is 15.0. The Balaban J connectivity index is 1.58. The Morgan fingerprint density at radius 1 is 1.13 bits per heavy atom. The maximum absolute atomic E-state index is 12.9. The predicted octanol–water partition coefficient (Wildman–Crippen LogP) is 2.43. The van der Waals surface area contributed by atoms with Crippen LogP contribution in [0.3, 0.4) is 0 Å². The molecule has 10 nitrogen and oxygen atoms in total. The highest BCUT2D eigenvalue weighted by Crippen LogP contribution is 2.24. The van der Waals surface area contributed by atoms with E-state index >= 15 is 0 Å². The normalized spacial score (nSPS) is 12.3. The van der Waals surface area contributed by atoms with E-state index in [9.17, 15) is 4.79 Å². The van der Waals surface area contributed by atoms with Crippen LogP contribution in [0.2, 0.25) is 5.15 Å². The van der Waals surface area contributed by atoms with E-state index in [2.05, 4.69) is 25.3 Å². The Kier molecular flexibility index (Phi) is 5.92. The van der Waals surface area contributed by atoms with Crippen LogP contribution >= 0.6 is 11.6 Å². The van der Waals surface area contributed by atoms with E-state index < -0.39 is 0 Å². The van der Waals surface area contributed by atoms with Gasteiger partial charge in [0.15, 0.2) is 16.5 Å². The van der Waals surface area contributed by atoms with Crippen LogP contribution in [0.4, 0.5) is 0 Å². The summed E-state index contributed by atoms with van der Waals surface area (Å²) in [5.41, 5.74) is 2.78. The molecule has 4 aromatic heterocycles. The molecule has 0 radical (unpaired) electrons. The number of rotatable bonds is 8. The summed E-state index contributed by atoms with van der Waals surface area (Å²) in [5.74, 6) is 0.910. The van der Waals surface area contributed by atoms with Crippen molar-refractivity contribution in [3.05, 3.63) is 58.9 Å². The summed E-state index contributed by atoms with van der Waals surface area (Å²) >= 11 is 6.04. The van der Waals surface area contributed by atoms with Gasteiger partial charge in [-0.2, -0.15) is 15.3 Å². The minimum absolute atomic E-state index is 0.0160. The van der Waals surface area contributed by atoms with Gasteiger partial charge in [0.1, 0.15) is 5.78 Å². The average Bonchev–Trinajstić information content (AvgIpc) is 3.42. The molecule has 0 N–H and O–H groups in total. The molecule has 0 amide bonds. The highest BCUT2D eigenvalue weighted by Gasteiger charge is 2.20.